The lowest BCUT2D eigenvalue weighted by molar-refractivity contribution is -0.142. The molecule has 0 saturated carbocycles. The molecule has 0 aliphatic carbocycles. The number of rotatable bonds is 10. The highest BCUT2D eigenvalue weighted by atomic mass is 16.4. The number of unbranched alkanes of at least 4 members (excludes halogenated alkanes) is 2. The van der Waals surface area contributed by atoms with Crippen molar-refractivity contribution in [3.63, 3.8) is 0 Å². The van der Waals surface area contributed by atoms with Crippen molar-refractivity contribution in [1.82, 2.24) is 5.32 Å². The second kappa shape index (κ2) is 10.2. The van der Waals surface area contributed by atoms with Gasteiger partial charge in [0.25, 0.3) is 0 Å². The summed E-state index contributed by atoms with van der Waals surface area (Å²) in [6.07, 6.45) is 3.95. The summed E-state index contributed by atoms with van der Waals surface area (Å²) in [7, 11) is 0. The Morgan fingerprint density at radius 2 is 1.95 bits per heavy atom. The largest absolute Gasteiger partial charge is 0.480 e. The van der Waals surface area contributed by atoms with Crippen LogP contribution in [0.4, 0.5) is 0 Å². The lowest BCUT2D eigenvalue weighted by Gasteiger charge is -2.13. The molecule has 0 fully saturated rings. The van der Waals surface area contributed by atoms with Crippen LogP contribution in [0, 0.1) is 0 Å². The van der Waals surface area contributed by atoms with Crippen LogP contribution in [0.15, 0.2) is 4.99 Å². The highest BCUT2D eigenvalue weighted by molar-refractivity contribution is 5.83. The van der Waals surface area contributed by atoms with E-state index in [1.54, 1.807) is 0 Å². The molecule has 0 aromatic rings. The summed E-state index contributed by atoms with van der Waals surface area (Å²) in [5.41, 5.74) is 10.3. The van der Waals surface area contributed by atoms with E-state index in [9.17, 15) is 9.59 Å². The third-order valence-corrected chi connectivity index (χ3v) is 2.59. The number of aliphatic imine (C=N–C) groups is 1. The number of carbonyl (C=O) groups excluding carboxylic acids is 1. The molecule has 0 spiro atoms. The Kier molecular flexibility index (Phi) is 9.20. The molecule has 0 bridgehead atoms. The highest BCUT2D eigenvalue weighted by Gasteiger charge is 2.18. The number of carbonyl (C=O) groups is 2. The van der Waals surface area contributed by atoms with Gasteiger partial charge in [-0.25, -0.2) is 4.79 Å². The zero-order valence-electron chi connectivity index (χ0n) is 11.4. The van der Waals surface area contributed by atoms with E-state index in [2.05, 4.69) is 10.3 Å². The van der Waals surface area contributed by atoms with E-state index < -0.39 is 12.0 Å². The summed E-state index contributed by atoms with van der Waals surface area (Å²) in [5, 5.41) is 11.5. The topological polar surface area (TPSA) is 131 Å². The predicted octanol–water partition coefficient (Wildman–Crippen LogP) is 0.190. The summed E-state index contributed by atoms with van der Waals surface area (Å²) >= 11 is 0. The van der Waals surface area contributed by atoms with Gasteiger partial charge in [-0.1, -0.05) is 19.8 Å². The van der Waals surface area contributed by atoms with Gasteiger partial charge in [0.15, 0.2) is 5.96 Å². The van der Waals surface area contributed by atoms with E-state index >= 15 is 0 Å². The minimum Gasteiger partial charge on any atom is -0.480 e. The van der Waals surface area contributed by atoms with Crippen LogP contribution < -0.4 is 16.8 Å². The first-order chi connectivity index (χ1) is 8.97. The number of nitrogens with two attached hydrogens (primary N) is 2. The Labute approximate surface area is 113 Å². The summed E-state index contributed by atoms with van der Waals surface area (Å²) in [4.78, 5) is 26.3. The van der Waals surface area contributed by atoms with Crippen molar-refractivity contribution in [2.45, 2.75) is 51.5 Å². The molecular formula is C12H24N4O3. The number of aliphatic carboxylic acids is 1. The van der Waals surface area contributed by atoms with Gasteiger partial charge in [0.2, 0.25) is 5.91 Å². The molecule has 0 aliphatic heterocycles. The van der Waals surface area contributed by atoms with Crippen LogP contribution in [0.1, 0.15) is 45.4 Å². The molecule has 0 saturated heterocycles. The van der Waals surface area contributed by atoms with Crippen LogP contribution in [0.2, 0.25) is 0 Å². The van der Waals surface area contributed by atoms with Gasteiger partial charge in [0.05, 0.1) is 0 Å². The molecule has 7 nitrogen and oxygen atoms in total. The monoisotopic (exact) mass is 272 g/mol. The van der Waals surface area contributed by atoms with Crippen molar-refractivity contribution in [2.75, 3.05) is 6.54 Å². The molecule has 0 aliphatic rings. The number of nitrogens with zero attached hydrogens (tertiary/aromatic N) is 1. The summed E-state index contributed by atoms with van der Waals surface area (Å²) < 4.78 is 0. The number of carboxylic acid groups (broad SMARTS) is 1. The van der Waals surface area contributed by atoms with Crippen LogP contribution in [0.5, 0.6) is 0 Å². The minimum atomic E-state index is -1.03. The van der Waals surface area contributed by atoms with Crippen LogP contribution in [0.3, 0.4) is 0 Å². The van der Waals surface area contributed by atoms with Crippen molar-refractivity contribution >= 4 is 17.8 Å². The third kappa shape index (κ3) is 9.87. The number of guanidine groups is 1. The Balaban J connectivity index is 4.01. The maximum Gasteiger partial charge on any atom is 0.326 e. The predicted molar refractivity (Wildman–Crippen MR) is 73.6 cm³/mol. The second-order valence-corrected chi connectivity index (χ2v) is 4.36. The average Bonchev–Trinajstić information content (AvgIpc) is 2.32. The summed E-state index contributed by atoms with van der Waals surface area (Å²) in [6, 6.07) is -0.872. The third-order valence-electron chi connectivity index (χ3n) is 2.59. The Bertz CT molecular complexity index is 314. The van der Waals surface area contributed by atoms with Crippen molar-refractivity contribution in [2.24, 2.45) is 16.5 Å². The maximum atomic E-state index is 11.5. The van der Waals surface area contributed by atoms with Gasteiger partial charge in [-0.15, -0.1) is 0 Å². The van der Waals surface area contributed by atoms with Crippen molar-refractivity contribution < 1.29 is 14.7 Å². The fourth-order valence-electron chi connectivity index (χ4n) is 1.56. The minimum absolute atomic E-state index is 0.0181. The molecule has 19 heavy (non-hydrogen) atoms. The Morgan fingerprint density at radius 3 is 2.47 bits per heavy atom. The van der Waals surface area contributed by atoms with Gasteiger partial charge in [-0.3, -0.25) is 9.79 Å². The molecule has 6 N–H and O–H groups in total. The molecule has 1 atom stereocenters. The quantitative estimate of drug-likeness (QED) is 0.256. The van der Waals surface area contributed by atoms with E-state index in [0.717, 1.165) is 19.3 Å². The lowest BCUT2D eigenvalue weighted by Crippen LogP contribution is -2.40. The molecule has 0 aromatic heterocycles. The number of hydrogen-bond acceptors (Lipinski definition) is 3. The lowest BCUT2D eigenvalue weighted by atomic mass is 10.1. The number of carboxylic acids is 1. The SMILES string of the molecule is CCCCCC(=O)N[C@H](CCCN=C(N)N)C(=O)O. The molecule has 0 aromatic carbocycles. The molecule has 7 heteroatoms. The summed E-state index contributed by atoms with van der Waals surface area (Å²) in [5.74, 6) is -1.27. The van der Waals surface area contributed by atoms with Crippen LogP contribution in [0.25, 0.3) is 0 Å². The van der Waals surface area contributed by atoms with Crippen LogP contribution in [-0.4, -0.2) is 35.5 Å². The van der Waals surface area contributed by atoms with E-state index in [1.165, 1.54) is 0 Å². The Morgan fingerprint density at radius 1 is 1.26 bits per heavy atom. The van der Waals surface area contributed by atoms with Gasteiger partial charge in [-0.2, -0.15) is 0 Å². The molecule has 0 radical (unpaired) electrons. The summed E-state index contributed by atoms with van der Waals surface area (Å²) in [6.45, 7) is 2.40. The van der Waals surface area contributed by atoms with Gasteiger partial charge < -0.3 is 21.9 Å². The first-order valence-electron chi connectivity index (χ1n) is 6.55. The van der Waals surface area contributed by atoms with Crippen molar-refractivity contribution in [3.8, 4) is 0 Å². The first-order valence-corrected chi connectivity index (χ1v) is 6.55. The molecule has 110 valence electrons. The molecule has 0 rings (SSSR count). The van der Waals surface area contributed by atoms with E-state index in [1.807, 2.05) is 6.92 Å². The zero-order valence-corrected chi connectivity index (χ0v) is 11.4. The fraction of sp³-hybridized carbons (Fsp3) is 0.750. The second-order valence-electron chi connectivity index (χ2n) is 4.36. The fourth-order valence-corrected chi connectivity index (χ4v) is 1.56. The molecule has 1 amide bonds. The maximum absolute atomic E-state index is 11.5. The molecule has 0 unspecified atom stereocenters. The van der Waals surface area contributed by atoms with Gasteiger partial charge in [-0.05, 0) is 19.3 Å². The smallest absolute Gasteiger partial charge is 0.326 e. The van der Waals surface area contributed by atoms with Gasteiger partial charge in [0, 0.05) is 13.0 Å². The van der Waals surface area contributed by atoms with Crippen LogP contribution >= 0.6 is 0 Å². The molecular weight excluding hydrogens is 248 g/mol. The number of nitrogens with one attached hydrogen (secondary N) is 1. The first kappa shape index (κ1) is 17.2. The molecule has 0 heterocycles. The standard InChI is InChI=1S/C12H24N4O3/c1-2-3-4-7-10(17)16-9(11(18)19)6-5-8-15-12(13)14/h9H,2-8H2,1H3,(H,16,17)(H,18,19)(H4,13,14,15)/t9-/m1/s1. The Hall–Kier alpha value is -1.79. The van der Waals surface area contributed by atoms with Crippen molar-refractivity contribution in [1.29, 1.82) is 0 Å². The normalized spacial score (nSPS) is 11.6. The zero-order chi connectivity index (χ0) is 14.7. The number of hydrogen-bond donors (Lipinski definition) is 4. The van der Waals surface area contributed by atoms with Crippen molar-refractivity contribution in [3.05, 3.63) is 0 Å². The van der Waals surface area contributed by atoms with E-state index in [0.29, 0.717) is 25.8 Å². The van der Waals surface area contributed by atoms with Gasteiger partial charge >= 0.3 is 5.97 Å². The van der Waals surface area contributed by atoms with Gasteiger partial charge in [0.1, 0.15) is 6.04 Å². The number of amides is 1. The van der Waals surface area contributed by atoms with E-state index in [4.69, 9.17) is 16.6 Å². The van der Waals surface area contributed by atoms with Crippen LogP contribution in [-0.2, 0) is 9.59 Å². The highest BCUT2D eigenvalue weighted by Crippen LogP contribution is 2.02. The average molecular weight is 272 g/mol. The van der Waals surface area contributed by atoms with E-state index in [-0.39, 0.29) is 11.9 Å².